The maximum Gasteiger partial charge on any atom is 0.161 e. The molecule has 80 valence electrons. The Kier molecular flexibility index (Phi) is 3.99. The highest BCUT2D eigenvalue weighted by Gasteiger charge is 2.50. The Hall–Kier alpha value is 0.810. The third kappa shape index (κ3) is 2.43. The molecule has 0 aliphatic carbocycles. The van der Waals surface area contributed by atoms with E-state index in [2.05, 4.69) is 0 Å². The smallest absolute Gasteiger partial charge is 0.161 e. The van der Waals surface area contributed by atoms with Crippen LogP contribution in [-0.2, 0) is 4.57 Å². The van der Waals surface area contributed by atoms with Gasteiger partial charge in [0.2, 0.25) is 0 Å². The van der Waals surface area contributed by atoms with Crippen LogP contribution in [0.4, 0.5) is 0 Å². The molecule has 0 atom stereocenters. The Morgan fingerprint density at radius 1 is 0.923 bits per heavy atom. The van der Waals surface area contributed by atoms with Crippen LogP contribution in [-0.4, -0.2) is 14.9 Å². The molecule has 0 rings (SSSR count). The normalized spacial score (nSPS) is 15.2. The summed E-state index contributed by atoms with van der Waals surface area (Å²) in [6.07, 6.45) is 0. The molecule has 0 aliphatic heterocycles. The summed E-state index contributed by atoms with van der Waals surface area (Å²) in [6, 6.07) is 0. The van der Waals surface area contributed by atoms with Crippen molar-refractivity contribution in [3.63, 3.8) is 0 Å². The zero-order valence-corrected chi connectivity index (χ0v) is 11.6. The highest BCUT2D eigenvalue weighted by atomic mass is 35.5. The van der Waals surface area contributed by atoms with E-state index in [1.807, 2.05) is 41.5 Å². The van der Waals surface area contributed by atoms with Gasteiger partial charge in [0, 0.05) is 10.3 Å². The second kappa shape index (κ2) is 3.76. The number of hydrogen-bond donors (Lipinski definition) is 0. The minimum Gasteiger partial charge on any atom is -0.320 e. The highest BCUT2D eigenvalue weighted by molar-refractivity contribution is 7.71. The Labute approximate surface area is 91.6 Å². The molecule has 4 heteroatoms. The number of rotatable bonds is 1. The Morgan fingerprint density at radius 2 is 1.15 bits per heavy atom. The van der Waals surface area contributed by atoms with Crippen LogP contribution in [0.2, 0.25) is 0 Å². The van der Waals surface area contributed by atoms with Gasteiger partial charge in [-0.1, -0.05) is 64.7 Å². The van der Waals surface area contributed by atoms with Gasteiger partial charge >= 0.3 is 0 Å². The lowest BCUT2D eigenvalue weighted by Crippen LogP contribution is -2.31. The van der Waals surface area contributed by atoms with E-state index in [-0.39, 0.29) is 10.3 Å². The SMILES string of the molecule is CC(C)(C)P(=O)(C(Cl)Cl)C(C)(C)C. The minimum absolute atomic E-state index is 0.348. The molecule has 0 aromatic carbocycles. The van der Waals surface area contributed by atoms with Crippen molar-refractivity contribution in [2.75, 3.05) is 0 Å². The first-order valence-electron chi connectivity index (χ1n) is 4.32. The molecular formula is C9H19Cl2OP. The molecule has 0 aromatic rings. The van der Waals surface area contributed by atoms with Crippen molar-refractivity contribution in [2.24, 2.45) is 0 Å². The largest absolute Gasteiger partial charge is 0.320 e. The number of halogens is 2. The molecular weight excluding hydrogens is 226 g/mol. The summed E-state index contributed by atoms with van der Waals surface area (Å²) >= 11 is 11.7. The van der Waals surface area contributed by atoms with Crippen LogP contribution < -0.4 is 0 Å². The second-order valence-electron chi connectivity index (χ2n) is 5.28. The average molecular weight is 245 g/mol. The minimum atomic E-state index is -2.63. The maximum atomic E-state index is 12.7. The van der Waals surface area contributed by atoms with Gasteiger partial charge in [-0.2, -0.15) is 0 Å². The van der Waals surface area contributed by atoms with Gasteiger partial charge in [-0.25, -0.2) is 0 Å². The molecule has 0 N–H and O–H groups in total. The quantitative estimate of drug-likeness (QED) is 0.483. The predicted molar refractivity (Wildman–Crippen MR) is 62.6 cm³/mol. The molecule has 0 amide bonds. The molecule has 13 heavy (non-hydrogen) atoms. The monoisotopic (exact) mass is 244 g/mol. The van der Waals surface area contributed by atoms with Gasteiger partial charge in [-0.15, -0.1) is 0 Å². The van der Waals surface area contributed by atoms with Gasteiger partial charge in [0.15, 0.2) is 4.58 Å². The van der Waals surface area contributed by atoms with Crippen LogP contribution >= 0.6 is 30.3 Å². The van der Waals surface area contributed by atoms with E-state index >= 15 is 0 Å². The summed E-state index contributed by atoms with van der Waals surface area (Å²) in [5.41, 5.74) is 0. The summed E-state index contributed by atoms with van der Waals surface area (Å²) in [5, 5.41) is -0.696. The van der Waals surface area contributed by atoms with Crippen LogP contribution in [0.3, 0.4) is 0 Å². The number of alkyl halides is 2. The van der Waals surface area contributed by atoms with Crippen molar-refractivity contribution in [1.29, 1.82) is 0 Å². The molecule has 0 unspecified atom stereocenters. The fourth-order valence-electron chi connectivity index (χ4n) is 1.59. The van der Waals surface area contributed by atoms with Gasteiger partial charge in [-0.3, -0.25) is 0 Å². The van der Waals surface area contributed by atoms with E-state index in [4.69, 9.17) is 23.2 Å². The topological polar surface area (TPSA) is 17.1 Å². The lowest BCUT2D eigenvalue weighted by molar-refractivity contribution is 0.520. The van der Waals surface area contributed by atoms with Crippen molar-refractivity contribution < 1.29 is 4.57 Å². The summed E-state index contributed by atoms with van der Waals surface area (Å²) < 4.78 is 11.9. The molecule has 0 fully saturated rings. The van der Waals surface area contributed by atoms with Gasteiger partial charge in [0.1, 0.15) is 7.14 Å². The van der Waals surface area contributed by atoms with Crippen LogP contribution in [0.1, 0.15) is 41.5 Å². The van der Waals surface area contributed by atoms with E-state index in [1.54, 1.807) is 0 Å². The zero-order chi connectivity index (χ0) is 11.1. The first-order valence-corrected chi connectivity index (χ1v) is 6.97. The van der Waals surface area contributed by atoms with Crippen molar-refractivity contribution in [2.45, 2.75) is 56.4 Å². The molecule has 0 aliphatic rings. The average Bonchev–Trinajstić information content (AvgIpc) is 1.80. The van der Waals surface area contributed by atoms with Crippen molar-refractivity contribution >= 4 is 30.3 Å². The first-order chi connectivity index (χ1) is 5.44. The van der Waals surface area contributed by atoms with E-state index in [1.165, 1.54) is 0 Å². The molecule has 0 spiro atoms. The van der Waals surface area contributed by atoms with Crippen LogP contribution in [0.25, 0.3) is 0 Å². The van der Waals surface area contributed by atoms with E-state index in [0.29, 0.717) is 0 Å². The van der Waals surface area contributed by atoms with Crippen LogP contribution in [0.15, 0.2) is 0 Å². The third-order valence-corrected chi connectivity index (χ3v) is 8.45. The lowest BCUT2D eigenvalue weighted by atomic mass is 10.2. The third-order valence-electron chi connectivity index (χ3n) is 2.27. The lowest BCUT2D eigenvalue weighted by Gasteiger charge is -2.41. The maximum absolute atomic E-state index is 12.7. The van der Waals surface area contributed by atoms with E-state index in [9.17, 15) is 4.57 Å². The molecule has 1 nitrogen and oxygen atoms in total. The molecule has 0 radical (unpaired) electrons. The van der Waals surface area contributed by atoms with Gasteiger partial charge in [-0.05, 0) is 0 Å². The van der Waals surface area contributed by atoms with Gasteiger partial charge in [0.25, 0.3) is 0 Å². The molecule has 0 aromatic heterocycles. The van der Waals surface area contributed by atoms with Gasteiger partial charge in [0.05, 0.1) is 0 Å². The standard InChI is InChI=1S/C9H19Cl2OP/c1-8(2,3)13(12,7(10)11)9(4,5)6/h7H,1-6H3. The Morgan fingerprint density at radius 3 is 1.15 bits per heavy atom. The van der Waals surface area contributed by atoms with Crippen LogP contribution in [0, 0.1) is 0 Å². The fourth-order valence-corrected chi connectivity index (χ4v) is 8.29. The predicted octanol–water partition coefficient (Wildman–Crippen LogP) is 4.71. The van der Waals surface area contributed by atoms with Crippen LogP contribution in [0.5, 0.6) is 0 Å². The van der Waals surface area contributed by atoms with E-state index in [0.717, 1.165) is 0 Å². The van der Waals surface area contributed by atoms with Crippen molar-refractivity contribution in [3.05, 3.63) is 0 Å². The summed E-state index contributed by atoms with van der Waals surface area (Å²) in [4.78, 5) is 0. The summed E-state index contributed by atoms with van der Waals surface area (Å²) in [6.45, 7) is 11.6. The molecule has 0 bridgehead atoms. The molecule has 0 heterocycles. The number of hydrogen-bond acceptors (Lipinski definition) is 1. The second-order valence-corrected chi connectivity index (χ2v) is 11.5. The molecule has 0 saturated heterocycles. The Bertz CT molecular complexity index is 205. The zero-order valence-electron chi connectivity index (χ0n) is 9.19. The Balaban J connectivity index is 5.37. The van der Waals surface area contributed by atoms with Crippen molar-refractivity contribution in [3.8, 4) is 0 Å². The first kappa shape index (κ1) is 13.8. The highest BCUT2D eigenvalue weighted by Crippen LogP contribution is 2.71. The van der Waals surface area contributed by atoms with Crippen molar-refractivity contribution in [1.82, 2.24) is 0 Å². The molecule has 0 saturated carbocycles. The summed E-state index contributed by atoms with van der Waals surface area (Å²) in [7, 11) is -2.63. The van der Waals surface area contributed by atoms with Gasteiger partial charge < -0.3 is 4.57 Å². The fraction of sp³-hybridized carbons (Fsp3) is 1.00. The van der Waals surface area contributed by atoms with E-state index < -0.39 is 11.7 Å². The summed E-state index contributed by atoms with van der Waals surface area (Å²) in [5.74, 6) is 0.